The van der Waals surface area contributed by atoms with Crippen LogP contribution in [0, 0.1) is 5.92 Å². The van der Waals surface area contributed by atoms with Gasteiger partial charge in [0.15, 0.2) is 6.61 Å². The van der Waals surface area contributed by atoms with Gasteiger partial charge in [-0.05, 0) is 49.9 Å². The third-order valence-corrected chi connectivity index (χ3v) is 3.44. The molecule has 0 unspecified atom stereocenters. The molecule has 0 heterocycles. The number of likely N-dealkylation sites (N-methyl/N-ethyl adjacent to an activating group) is 1. The van der Waals surface area contributed by atoms with Crippen molar-refractivity contribution in [1.29, 1.82) is 0 Å². The molecule has 2 N–H and O–H groups in total. The largest absolute Gasteiger partial charge is 0.484 e. The summed E-state index contributed by atoms with van der Waals surface area (Å²) in [6.07, 6.45) is 6.87. The quantitative estimate of drug-likeness (QED) is 0.760. The first-order chi connectivity index (χ1) is 10.7. The van der Waals surface area contributed by atoms with Gasteiger partial charge in [0.2, 0.25) is 5.91 Å². The molecule has 0 aromatic heterocycles. The Morgan fingerprint density at radius 2 is 2.00 bits per heavy atom. The number of rotatable bonds is 7. The molecular weight excluding hydrogens is 280 g/mol. The fourth-order valence-electron chi connectivity index (χ4n) is 2.35. The molecule has 1 atom stereocenters. The van der Waals surface area contributed by atoms with Gasteiger partial charge >= 0.3 is 0 Å². The molecule has 2 amide bonds. The molecule has 5 nitrogen and oxygen atoms in total. The lowest BCUT2D eigenvalue weighted by molar-refractivity contribution is -0.123. The summed E-state index contributed by atoms with van der Waals surface area (Å²) >= 11 is 0. The third kappa shape index (κ3) is 5.24. The predicted molar refractivity (Wildman–Crippen MR) is 85.7 cm³/mol. The standard InChI is InChI=1S/C17H22N2O3/c1-2-18-17(21)12-22-15-9-7-14(8-10-15)19-16(20)11-13-5-3-4-6-13/h3,5,7-10,13H,2,4,6,11-12H2,1H3,(H,18,21)(H,19,20)/t13-/m1/s1. The Kier molecular flexibility index (Phi) is 6.01. The maximum atomic E-state index is 11.9. The molecule has 1 aliphatic carbocycles. The van der Waals surface area contributed by atoms with Crippen LogP contribution in [-0.4, -0.2) is 25.0 Å². The van der Waals surface area contributed by atoms with Crippen LogP contribution in [0.15, 0.2) is 36.4 Å². The molecule has 0 saturated heterocycles. The molecule has 1 aromatic carbocycles. The number of allylic oxidation sites excluding steroid dienone is 2. The number of ether oxygens (including phenoxy) is 1. The van der Waals surface area contributed by atoms with Crippen molar-refractivity contribution in [3.63, 3.8) is 0 Å². The molecule has 118 valence electrons. The van der Waals surface area contributed by atoms with Crippen molar-refractivity contribution in [3.05, 3.63) is 36.4 Å². The van der Waals surface area contributed by atoms with E-state index in [1.807, 2.05) is 6.92 Å². The van der Waals surface area contributed by atoms with Crippen molar-refractivity contribution < 1.29 is 14.3 Å². The minimum atomic E-state index is -0.149. The summed E-state index contributed by atoms with van der Waals surface area (Å²) in [6.45, 7) is 2.44. The predicted octanol–water partition coefficient (Wildman–Crippen LogP) is 2.50. The highest BCUT2D eigenvalue weighted by Crippen LogP contribution is 2.21. The summed E-state index contributed by atoms with van der Waals surface area (Å²) in [7, 11) is 0. The summed E-state index contributed by atoms with van der Waals surface area (Å²) in [6, 6.07) is 7.03. The number of nitrogens with one attached hydrogen (secondary N) is 2. The summed E-state index contributed by atoms with van der Waals surface area (Å²) < 4.78 is 5.35. The maximum Gasteiger partial charge on any atom is 0.257 e. The molecular formula is C17H22N2O3. The zero-order valence-corrected chi connectivity index (χ0v) is 12.8. The first-order valence-corrected chi connectivity index (χ1v) is 7.63. The van der Waals surface area contributed by atoms with E-state index in [0.29, 0.717) is 24.6 Å². The Balaban J connectivity index is 1.77. The molecule has 0 saturated carbocycles. The molecule has 0 radical (unpaired) electrons. The minimum Gasteiger partial charge on any atom is -0.484 e. The van der Waals surface area contributed by atoms with Gasteiger partial charge in [0, 0.05) is 18.7 Å². The Morgan fingerprint density at radius 3 is 2.64 bits per heavy atom. The van der Waals surface area contributed by atoms with Crippen molar-refractivity contribution in [2.24, 2.45) is 5.92 Å². The number of carbonyl (C=O) groups excluding carboxylic acids is 2. The van der Waals surface area contributed by atoms with Gasteiger partial charge in [-0.2, -0.15) is 0 Å². The van der Waals surface area contributed by atoms with Gasteiger partial charge in [-0.15, -0.1) is 0 Å². The Labute approximate surface area is 130 Å². The Morgan fingerprint density at radius 1 is 1.23 bits per heavy atom. The van der Waals surface area contributed by atoms with Crippen LogP contribution < -0.4 is 15.4 Å². The first-order valence-electron chi connectivity index (χ1n) is 7.63. The second kappa shape index (κ2) is 8.22. The van der Waals surface area contributed by atoms with E-state index in [-0.39, 0.29) is 18.4 Å². The van der Waals surface area contributed by atoms with Crippen LogP contribution in [0.5, 0.6) is 5.75 Å². The van der Waals surface area contributed by atoms with E-state index in [9.17, 15) is 9.59 Å². The second-order valence-electron chi connectivity index (χ2n) is 5.28. The smallest absolute Gasteiger partial charge is 0.257 e. The molecule has 22 heavy (non-hydrogen) atoms. The van der Waals surface area contributed by atoms with Crippen LogP contribution >= 0.6 is 0 Å². The topological polar surface area (TPSA) is 67.4 Å². The highest BCUT2D eigenvalue weighted by atomic mass is 16.5. The minimum absolute atomic E-state index is 0.00639. The van der Waals surface area contributed by atoms with Crippen molar-refractivity contribution in [3.8, 4) is 5.75 Å². The zero-order valence-electron chi connectivity index (χ0n) is 12.8. The lowest BCUT2D eigenvalue weighted by Crippen LogP contribution is -2.28. The number of hydrogen-bond donors (Lipinski definition) is 2. The van der Waals surface area contributed by atoms with Crippen LogP contribution in [0.1, 0.15) is 26.2 Å². The van der Waals surface area contributed by atoms with Crippen LogP contribution in [0.2, 0.25) is 0 Å². The maximum absolute atomic E-state index is 11.9. The normalized spacial score (nSPS) is 16.3. The number of benzene rings is 1. The van der Waals surface area contributed by atoms with Crippen LogP contribution in [0.3, 0.4) is 0 Å². The van der Waals surface area contributed by atoms with Gasteiger partial charge < -0.3 is 15.4 Å². The third-order valence-electron chi connectivity index (χ3n) is 3.44. The highest BCUT2D eigenvalue weighted by molar-refractivity contribution is 5.91. The monoisotopic (exact) mass is 302 g/mol. The van der Waals surface area contributed by atoms with Gasteiger partial charge in [0.1, 0.15) is 5.75 Å². The summed E-state index contributed by atoms with van der Waals surface area (Å²) in [4.78, 5) is 23.2. The molecule has 1 aliphatic rings. The van der Waals surface area contributed by atoms with Crippen LogP contribution in [0.4, 0.5) is 5.69 Å². The average Bonchev–Trinajstić information content (AvgIpc) is 2.99. The van der Waals surface area contributed by atoms with Gasteiger partial charge in [0.25, 0.3) is 5.91 Å². The lowest BCUT2D eigenvalue weighted by Gasteiger charge is -2.10. The molecule has 0 fully saturated rings. The van der Waals surface area contributed by atoms with E-state index >= 15 is 0 Å². The lowest BCUT2D eigenvalue weighted by atomic mass is 10.1. The number of anilines is 1. The van der Waals surface area contributed by atoms with E-state index in [4.69, 9.17) is 4.74 Å². The highest BCUT2D eigenvalue weighted by Gasteiger charge is 2.14. The number of hydrogen-bond acceptors (Lipinski definition) is 3. The molecule has 0 bridgehead atoms. The molecule has 5 heteroatoms. The first kappa shape index (κ1) is 16.1. The summed E-state index contributed by atoms with van der Waals surface area (Å²) in [5.41, 5.74) is 0.734. The Bertz CT molecular complexity index is 537. The molecule has 0 spiro atoms. The van der Waals surface area contributed by atoms with Crippen molar-refractivity contribution in [1.82, 2.24) is 5.32 Å². The molecule has 0 aliphatic heterocycles. The van der Waals surface area contributed by atoms with Crippen molar-refractivity contribution >= 4 is 17.5 Å². The fourth-order valence-corrected chi connectivity index (χ4v) is 2.35. The van der Waals surface area contributed by atoms with Crippen molar-refractivity contribution in [2.75, 3.05) is 18.5 Å². The average molecular weight is 302 g/mol. The second-order valence-corrected chi connectivity index (χ2v) is 5.28. The summed E-state index contributed by atoms with van der Waals surface area (Å²) in [5, 5.41) is 5.53. The van der Waals surface area contributed by atoms with E-state index in [1.165, 1.54) is 0 Å². The molecule has 2 rings (SSSR count). The zero-order chi connectivity index (χ0) is 15.8. The van der Waals surface area contributed by atoms with Crippen LogP contribution in [-0.2, 0) is 9.59 Å². The Hall–Kier alpha value is -2.30. The summed E-state index contributed by atoms with van der Waals surface area (Å²) in [5.74, 6) is 0.833. The van der Waals surface area contributed by atoms with Gasteiger partial charge in [-0.1, -0.05) is 12.2 Å². The van der Waals surface area contributed by atoms with Gasteiger partial charge in [-0.25, -0.2) is 0 Å². The fraction of sp³-hybridized carbons (Fsp3) is 0.412. The van der Waals surface area contributed by atoms with E-state index in [1.54, 1.807) is 24.3 Å². The van der Waals surface area contributed by atoms with Crippen LogP contribution in [0.25, 0.3) is 0 Å². The molecule has 1 aromatic rings. The SMILES string of the molecule is CCNC(=O)COc1ccc(NC(=O)C[C@@H]2C=CCC2)cc1. The van der Waals surface area contributed by atoms with E-state index < -0.39 is 0 Å². The van der Waals surface area contributed by atoms with Gasteiger partial charge in [0.05, 0.1) is 0 Å². The van der Waals surface area contributed by atoms with E-state index in [2.05, 4.69) is 22.8 Å². The number of carbonyl (C=O) groups is 2. The van der Waals surface area contributed by atoms with Gasteiger partial charge in [-0.3, -0.25) is 9.59 Å². The van der Waals surface area contributed by atoms with Crippen molar-refractivity contribution in [2.45, 2.75) is 26.2 Å². The number of amides is 2. The van der Waals surface area contributed by atoms with E-state index in [0.717, 1.165) is 18.5 Å².